The van der Waals surface area contributed by atoms with E-state index in [2.05, 4.69) is 67.8 Å². The molecule has 0 aromatic heterocycles. The van der Waals surface area contributed by atoms with E-state index in [0.29, 0.717) is 49.1 Å². The monoisotopic (exact) mass is 657 g/mol. The maximum Gasteiger partial charge on any atom is 0.254 e. The molecule has 4 aromatic rings. The first-order valence-electron chi connectivity index (χ1n) is 17.6. The zero-order chi connectivity index (χ0) is 35.0. The van der Waals surface area contributed by atoms with Crippen molar-refractivity contribution in [2.75, 3.05) is 13.6 Å². The molecule has 2 atom stereocenters. The molecule has 0 saturated heterocycles. The van der Waals surface area contributed by atoms with Crippen LogP contribution in [0.4, 0.5) is 0 Å². The van der Waals surface area contributed by atoms with E-state index in [9.17, 15) is 14.4 Å². The Hall–Kier alpha value is -4.55. The minimum atomic E-state index is -0.298. The zero-order valence-electron chi connectivity index (χ0n) is 29.7. The van der Waals surface area contributed by atoms with Gasteiger partial charge < -0.3 is 15.5 Å². The molecule has 4 aromatic carbocycles. The summed E-state index contributed by atoms with van der Waals surface area (Å²) in [7, 11) is 1.80. The highest BCUT2D eigenvalue weighted by Gasteiger charge is 2.36. The summed E-state index contributed by atoms with van der Waals surface area (Å²) in [5.74, 6) is -0.0203. The van der Waals surface area contributed by atoms with E-state index in [1.807, 2.05) is 55.5 Å². The number of hydrogen-bond acceptors (Lipinski definition) is 4. The van der Waals surface area contributed by atoms with Crippen LogP contribution in [0, 0.1) is 0 Å². The average Bonchev–Trinajstić information content (AvgIpc) is 3.12. The Morgan fingerprint density at radius 1 is 0.816 bits per heavy atom. The molecule has 0 heterocycles. The van der Waals surface area contributed by atoms with Crippen molar-refractivity contribution < 1.29 is 14.4 Å². The summed E-state index contributed by atoms with van der Waals surface area (Å²) in [6.45, 7) is 9.35. The van der Waals surface area contributed by atoms with Gasteiger partial charge in [0.1, 0.15) is 5.78 Å². The average molecular weight is 658 g/mol. The van der Waals surface area contributed by atoms with Crippen LogP contribution in [0.1, 0.15) is 109 Å². The molecule has 0 unspecified atom stereocenters. The maximum atomic E-state index is 13.8. The molecule has 1 aliphatic rings. The predicted octanol–water partition coefficient (Wildman–Crippen LogP) is 8.18. The van der Waals surface area contributed by atoms with Crippen molar-refractivity contribution in [1.29, 1.82) is 0 Å². The Balaban J connectivity index is 1.32. The van der Waals surface area contributed by atoms with Crippen LogP contribution >= 0.6 is 0 Å². The van der Waals surface area contributed by atoms with Gasteiger partial charge in [-0.15, -0.1) is 0 Å². The fraction of sp³-hybridized carbons (Fsp3) is 0.372. The molecule has 256 valence electrons. The molecule has 5 rings (SSSR count). The topological polar surface area (TPSA) is 78.5 Å². The fourth-order valence-electron chi connectivity index (χ4n) is 6.81. The van der Waals surface area contributed by atoms with E-state index in [1.54, 1.807) is 36.2 Å². The summed E-state index contributed by atoms with van der Waals surface area (Å²) in [5, 5.41) is 7.18. The fourth-order valence-corrected chi connectivity index (χ4v) is 6.81. The van der Waals surface area contributed by atoms with Crippen LogP contribution in [0.15, 0.2) is 109 Å². The van der Waals surface area contributed by atoms with Crippen LogP contribution in [0.2, 0.25) is 0 Å². The highest BCUT2D eigenvalue weighted by atomic mass is 16.2. The largest absolute Gasteiger partial charge is 0.349 e. The first-order valence-corrected chi connectivity index (χ1v) is 17.6. The first kappa shape index (κ1) is 35.7. The number of nitrogens with one attached hydrogen (secondary N) is 2. The van der Waals surface area contributed by atoms with E-state index >= 15 is 0 Å². The van der Waals surface area contributed by atoms with Gasteiger partial charge in [0.25, 0.3) is 11.8 Å². The third-order valence-electron chi connectivity index (χ3n) is 10.1. The van der Waals surface area contributed by atoms with Gasteiger partial charge in [-0.3, -0.25) is 14.4 Å². The minimum Gasteiger partial charge on any atom is -0.349 e. The van der Waals surface area contributed by atoms with Crippen molar-refractivity contribution in [3.05, 3.63) is 143 Å². The van der Waals surface area contributed by atoms with Crippen molar-refractivity contribution in [1.82, 2.24) is 15.5 Å². The second kappa shape index (κ2) is 15.8. The predicted molar refractivity (Wildman–Crippen MR) is 198 cm³/mol. The maximum absolute atomic E-state index is 13.8. The van der Waals surface area contributed by atoms with E-state index in [-0.39, 0.29) is 34.9 Å². The Kier molecular flexibility index (Phi) is 11.5. The lowest BCUT2D eigenvalue weighted by Gasteiger charge is -2.39. The third kappa shape index (κ3) is 9.12. The molecular formula is C43H51N3O3. The van der Waals surface area contributed by atoms with Crippen molar-refractivity contribution in [3.8, 4) is 0 Å². The number of hydrogen-bond donors (Lipinski definition) is 2. The molecule has 2 N–H and O–H groups in total. The van der Waals surface area contributed by atoms with Crippen molar-refractivity contribution >= 4 is 17.6 Å². The lowest BCUT2D eigenvalue weighted by Crippen LogP contribution is -2.47. The standard InChI is InChI=1S/C43H51N3O3/c1-31(33-16-10-7-11-17-33)46(5)41(49)35-19-12-18-34(29-35)40(48)45-38(28-32-14-8-6-9-15-32)24-27-44-43(25-22-39(47)23-26-43)37-21-13-20-36(30-37)42(2,3)4/h6-21,29-31,38,44H,22-28H2,1-5H3,(H,45,48)/t31-,38-/m1/s1. The number of Topliss-reactive ketones (excluding diaryl/α,β-unsaturated/α-hetero) is 1. The third-order valence-corrected chi connectivity index (χ3v) is 10.1. The summed E-state index contributed by atoms with van der Waals surface area (Å²) < 4.78 is 0. The molecule has 49 heavy (non-hydrogen) atoms. The summed E-state index contributed by atoms with van der Waals surface area (Å²) >= 11 is 0. The van der Waals surface area contributed by atoms with Gasteiger partial charge in [-0.05, 0) is 85.0 Å². The lowest BCUT2D eigenvalue weighted by molar-refractivity contribution is -0.121. The number of ketones is 1. The highest BCUT2D eigenvalue weighted by molar-refractivity contribution is 5.99. The molecule has 1 fully saturated rings. The van der Waals surface area contributed by atoms with Crippen molar-refractivity contribution in [2.24, 2.45) is 0 Å². The van der Waals surface area contributed by atoms with Crippen LogP contribution in [0.3, 0.4) is 0 Å². The molecular weight excluding hydrogens is 606 g/mol. The molecule has 2 amide bonds. The summed E-state index contributed by atoms with van der Waals surface area (Å²) in [6, 6.07) is 35.7. The SMILES string of the molecule is C[C@H](c1ccccc1)N(C)C(=O)c1cccc(C(=O)N[C@H](CCNC2(c3cccc(C(C)(C)C)c3)CCC(=O)CC2)Cc2ccccc2)c1. The highest BCUT2D eigenvalue weighted by Crippen LogP contribution is 2.38. The molecule has 6 nitrogen and oxygen atoms in total. The second-order valence-corrected chi connectivity index (χ2v) is 14.6. The van der Waals surface area contributed by atoms with Gasteiger partial charge in [-0.25, -0.2) is 0 Å². The zero-order valence-corrected chi connectivity index (χ0v) is 29.7. The van der Waals surface area contributed by atoms with Gasteiger partial charge in [0.2, 0.25) is 0 Å². The van der Waals surface area contributed by atoms with E-state index < -0.39 is 0 Å². The Morgan fingerprint density at radius 2 is 1.45 bits per heavy atom. The number of benzene rings is 4. The first-order chi connectivity index (χ1) is 23.4. The number of rotatable bonds is 12. The van der Waals surface area contributed by atoms with Gasteiger partial charge in [-0.2, -0.15) is 0 Å². The second-order valence-electron chi connectivity index (χ2n) is 14.6. The molecule has 0 bridgehead atoms. The van der Waals surface area contributed by atoms with Gasteiger partial charge in [0.05, 0.1) is 6.04 Å². The molecule has 6 heteroatoms. The normalized spacial score (nSPS) is 15.7. The van der Waals surface area contributed by atoms with Crippen LogP contribution in [0.25, 0.3) is 0 Å². The molecule has 0 radical (unpaired) electrons. The number of carbonyl (C=O) groups is 3. The minimum absolute atomic E-state index is 0.0181. The van der Waals surface area contributed by atoms with Crippen molar-refractivity contribution in [2.45, 2.75) is 89.3 Å². The quantitative estimate of drug-likeness (QED) is 0.161. The summed E-state index contributed by atoms with van der Waals surface area (Å²) in [6.07, 6.45) is 4.01. The summed E-state index contributed by atoms with van der Waals surface area (Å²) in [4.78, 5) is 41.3. The van der Waals surface area contributed by atoms with Crippen LogP contribution < -0.4 is 10.6 Å². The molecule has 1 aliphatic carbocycles. The van der Waals surface area contributed by atoms with E-state index in [4.69, 9.17) is 0 Å². The van der Waals surface area contributed by atoms with Crippen LogP contribution in [0.5, 0.6) is 0 Å². The Labute approximate surface area is 292 Å². The van der Waals surface area contributed by atoms with Crippen LogP contribution in [-0.4, -0.2) is 42.1 Å². The molecule has 1 saturated carbocycles. The van der Waals surface area contributed by atoms with Gasteiger partial charge in [0.15, 0.2) is 0 Å². The molecule has 0 aliphatic heterocycles. The van der Waals surface area contributed by atoms with E-state index in [0.717, 1.165) is 24.0 Å². The van der Waals surface area contributed by atoms with Gasteiger partial charge in [-0.1, -0.05) is 112 Å². The van der Waals surface area contributed by atoms with Gasteiger partial charge >= 0.3 is 0 Å². The number of nitrogens with zero attached hydrogens (tertiary/aromatic N) is 1. The lowest BCUT2D eigenvalue weighted by atomic mass is 9.74. The van der Waals surface area contributed by atoms with E-state index in [1.165, 1.54) is 11.1 Å². The Bertz CT molecular complexity index is 1720. The molecule has 0 spiro atoms. The Morgan fingerprint density at radius 3 is 2.12 bits per heavy atom. The summed E-state index contributed by atoms with van der Waals surface area (Å²) in [5.41, 5.74) is 5.35. The smallest absolute Gasteiger partial charge is 0.254 e. The van der Waals surface area contributed by atoms with Gasteiger partial charge in [0, 0.05) is 42.6 Å². The number of carbonyl (C=O) groups excluding carboxylic acids is 3. The van der Waals surface area contributed by atoms with Crippen molar-refractivity contribution in [3.63, 3.8) is 0 Å². The van der Waals surface area contributed by atoms with Crippen LogP contribution in [-0.2, 0) is 22.2 Å². The number of amides is 2.